The van der Waals surface area contributed by atoms with Gasteiger partial charge >= 0.3 is 11.9 Å². The smallest absolute Gasteiger partial charge is 0.320 e. The Bertz CT molecular complexity index is 718. The molecule has 23 N–H and O–H groups in total. The topological polar surface area (TPSA) is 435 Å². The molecular formula is C25H63N10O12+. The lowest BCUT2D eigenvalue weighted by molar-refractivity contribution is -0.870. The molecule has 0 aromatic rings. The van der Waals surface area contributed by atoms with Crippen LogP contribution in [0.5, 0.6) is 0 Å². The van der Waals surface area contributed by atoms with Gasteiger partial charge in [0, 0.05) is 20.0 Å². The summed E-state index contributed by atoms with van der Waals surface area (Å²) in [6, 6.07) is -1.64. The second kappa shape index (κ2) is 38.7. The predicted molar refractivity (Wildman–Crippen MR) is 175 cm³/mol. The molecule has 1 amide bonds. The van der Waals surface area contributed by atoms with Crippen LogP contribution >= 0.6 is 0 Å². The summed E-state index contributed by atoms with van der Waals surface area (Å²) in [5.74, 6) is -2.56. The van der Waals surface area contributed by atoms with Crippen molar-refractivity contribution in [3.8, 4) is 0 Å². The van der Waals surface area contributed by atoms with Crippen molar-refractivity contribution in [3.05, 3.63) is 0 Å². The molecule has 0 rings (SSSR count). The Balaban J connectivity index is -0.000000112. The zero-order valence-corrected chi connectivity index (χ0v) is 27.9. The number of nitrogens with zero attached hydrogens (tertiary/aromatic N) is 1. The Morgan fingerprint density at radius 1 is 0.681 bits per heavy atom. The van der Waals surface area contributed by atoms with E-state index in [2.05, 4.69) is 37.5 Å². The fraction of sp³-hybridized carbons (Fsp3) is 0.800. The van der Waals surface area contributed by atoms with Gasteiger partial charge in [0.2, 0.25) is 5.91 Å². The standard InChI is InChI=1S/2C6H14N4O2.C5H14NO.2C3H8O3.C2H5NO/c2*7-4(5(11)12)2-1-3-10-6(8)9;1-6(2,3)4-5-7;2*4-1-3(6)2-5;1-2(3)4/h2*4H,1-3,7H2,(H,11,12)(H4,8,9,10);7H,4-5H2,1-3H3;2*3-6H,1-2H2;1H3,(H2,3,4)/q;;+1;;;. The number of quaternary nitrogens is 1. The van der Waals surface area contributed by atoms with Crippen LogP contribution in [0.4, 0.5) is 0 Å². The molecule has 0 heterocycles. The molecule has 0 aromatic carbocycles. The highest BCUT2D eigenvalue weighted by Gasteiger charge is 2.10. The van der Waals surface area contributed by atoms with Crippen LogP contribution in [-0.2, 0) is 14.4 Å². The van der Waals surface area contributed by atoms with Gasteiger partial charge in [-0.25, -0.2) is 0 Å². The van der Waals surface area contributed by atoms with Crippen LogP contribution in [0.15, 0.2) is 0 Å². The van der Waals surface area contributed by atoms with Crippen LogP contribution in [0.2, 0.25) is 0 Å². The zero-order valence-electron chi connectivity index (χ0n) is 27.9. The minimum absolute atomic E-state index is 0.112. The molecule has 0 bridgehead atoms. The molecule has 0 aliphatic rings. The second-order valence-electron chi connectivity index (χ2n) is 10.2. The molecule has 22 nitrogen and oxygen atoms in total. The van der Waals surface area contributed by atoms with Crippen molar-refractivity contribution in [2.45, 2.75) is 56.9 Å². The van der Waals surface area contributed by atoms with Gasteiger partial charge in [0.05, 0.1) is 54.2 Å². The molecule has 0 spiro atoms. The number of hydrogen-bond acceptors (Lipinski definition) is 14. The number of rotatable bonds is 16. The lowest BCUT2D eigenvalue weighted by atomic mass is 10.2. The summed E-state index contributed by atoms with van der Waals surface area (Å²) >= 11 is 0. The third-order valence-electron chi connectivity index (χ3n) is 4.26. The van der Waals surface area contributed by atoms with Gasteiger partial charge in [-0.15, -0.1) is 0 Å². The summed E-state index contributed by atoms with van der Waals surface area (Å²) in [7, 11) is 6.16. The van der Waals surface area contributed by atoms with Crippen LogP contribution in [0.25, 0.3) is 0 Å². The van der Waals surface area contributed by atoms with Crippen molar-refractivity contribution < 1.29 is 64.8 Å². The molecule has 0 aliphatic heterocycles. The number of nitrogens with one attached hydrogen (secondary N) is 4. The van der Waals surface area contributed by atoms with Crippen LogP contribution in [-0.4, -0.2) is 178 Å². The average molecular weight is 696 g/mol. The molecule has 0 saturated carbocycles. The van der Waals surface area contributed by atoms with E-state index in [-0.39, 0.29) is 50.9 Å². The number of amides is 1. The Labute approximate surface area is 275 Å². The first-order valence-corrected chi connectivity index (χ1v) is 14.1. The summed E-state index contributed by atoms with van der Waals surface area (Å²) < 4.78 is 0.844. The third kappa shape index (κ3) is 75.0. The van der Waals surface area contributed by atoms with E-state index in [1.165, 1.54) is 6.92 Å². The summed E-state index contributed by atoms with van der Waals surface area (Å²) in [5.41, 5.74) is 24.9. The zero-order chi connectivity index (χ0) is 38.6. The molecule has 22 heteroatoms. The van der Waals surface area contributed by atoms with Crippen molar-refractivity contribution in [3.63, 3.8) is 0 Å². The SMILES string of the molecule is CC(N)=O.C[N+](C)(C)CCO.N=C(N)NCCCC(N)C(=O)O.N=C(N)NCCCC(N)C(=O)O.OCC(O)CO.OCC(O)CO. The first-order chi connectivity index (χ1) is 21.5. The van der Waals surface area contributed by atoms with E-state index in [0.717, 1.165) is 11.0 Å². The molecule has 0 saturated heterocycles. The van der Waals surface area contributed by atoms with Gasteiger partial charge in [0.1, 0.15) is 30.8 Å². The normalized spacial score (nSPS) is 11.0. The van der Waals surface area contributed by atoms with Crippen molar-refractivity contribution in [2.24, 2.45) is 28.7 Å². The van der Waals surface area contributed by atoms with E-state index in [0.29, 0.717) is 38.8 Å². The highest BCUT2D eigenvalue weighted by atomic mass is 16.4. The summed E-state index contributed by atoms with van der Waals surface area (Å²) in [6.07, 6.45) is 0.0423. The van der Waals surface area contributed by atoms with E-state index in [1.807, 2.05) is 0 Å². The van der Waals surface area contributed by atoms with E-state index in [4.69, 9.17) is 79.7 Å². The monoisotopic (exact) mass is 695 g/mol. The lowest BCUT2D eigenvalue weighted by Gasteiger charge is -2.21. The number of aliphatic hydroxyl groups is 7. The van der Waals surface area contributed by atoms with E-state index < -0.39 is 36.2 Å². The minimum atomic E-state index is -1.00. The van der Waals surface area contributed by atoms with Gasteiger partial charge in [-0.05, 0) is 25.7 Å². The molecule has 47 heavy (non-hydrogen) atoms. The van der Waals surface area contributed by atoms with Gasteiger partial charge in [0.15, 0.2) is 11.9 Å². The predicted octanol–water partition coefficient (Wildman–Crippen LogP) is -6.84. The highest BCUT2D eigenvalue weighted by Crippen LogP contribution is 1.93. The van der Waals surface area contributed by atoms with Gasteiger partial charge < -0.3 is 89.7 Å². The van der Waals surface area contributed by atoms with E-state index >= 15 is 0 Å². The number of carboxylic acids is 2. The fourth-order valence-corrected chi connectivity index (χ4v) is 1.75. The number of hydrogen-bond donors (Lipinski definition) is 18. The summed E-state index contributed by atoms with van der Waals surface area (Å²) in [4.78, 5) is 29.7. The molecule has 0 aromatic heterocycles. The average Bonchev–Trinajstić information content (AvgIpc) is 2.96. The summed E-state index contributed by atoms with van der Waals surface area (Å²) in [5, 5.41) is 91.8. The molecule has 2 unspecified atom stereocenters. The van der Waals surface area contributed by atoms with Gasteiger partial charge in [0.25, 0.3) is 0 Å². The Morgan fingerprint density at radius 2 is 0.936 bits per heavy atom. The number of nitrogens with two attached hydrogens (primary N) is 5. The largest absolute Gasteiger partial charge is 0.480 e. The minimum Gasteiger partial charge on any atom is -0.480 e. The van der Waals surface area contributed by atoms with Gasteiger partial charge in [-0.2, -0.15) is 0 Å². The molecular weight excluding hydrogens is 632 g/mol. The number of carbonyl (C=O) groups excluding carboxylic acids is 1. The number of carbonyl (C=O) groups is 3. The fourth-order valence-electron chi connectivity index (χ4n) is 1.75. The van der Waals surface area contributed by atoms with E-state index in [1.54, 1.807) is 0 Å². The van der Waals surface area contributed by atoms with Crippen LogP contribution in [0.3, 0.4) is 0 Å². The van der Waals surface area contributed by atoms with Crippen LogP contribution in [0, 0.1) is 10.8 Å². The lowest BCUT2D eigenvalue weighted by Crippen LogP contribution is -2.36. The molecule has 0 radical (unpaired) electrons. The summed E-state index contributed by atoms with van der Waals surface area (Å²) in [6.45, 7) is 1.93. The second-order valence-corrected chi connectivity index (χ2v) is 10.2. The first-order valence-electron chi connectivity index (χ1n) is 14.1. The van der Waals surface area contributed by atoms with Crippen molar-refractivity contribution in [2.75, 3.05) is 73.8 Å². The molecule has 2 atom stereocenters. The molecule has 284 valence electrons. The molecule has 0 fully saturated rings. The number of likely N-dealkylation sites (N-methyl/N-ethyl adjacent to an activating group) is 1. The van der Waals surface area contributed by atoms with Gasteiger partial charge in [-0.3, -0.25) is 25.2 Å². The number of primary amides is 1. The number of carboxylic acid groups (broad SMARTS) is 2. The number of aliphatic hydroxyl groups excluding tert-OH is 7. The molecule has 0 aliphatic carbocycles. The Kier molecular flexibility index (Phi) is 46.1. The maximum atomic E-state index is 10.2. The maximum Gasteiger partial charge on any atom is 0.320 e. The van der Waals surface area contributed by atoms with Crippen LogP contribution < -0.4 is 39.3 Å². The quantitative estimate of drug-likeness (QED) is 0.0308. The van der Waals surface area contributed by atoms with E-state index in [9.17, 15) is 14.4 Å². The van der Waals surface area contributed by atoms with Crippen molar-refractivity contribution in [1.82, 2.24) is 10.6 Å². The number of aliphatic carboxylic acids is 2. The number of guanidine groups is 2. The third-order valence-corrected chi connectivity index (χ3v) is 4.26. The first kappa shape index (κ1) is 55.9. The van der Waals surface area contributed by atoms with Crippen molar-refractivity contribution >= 4 is 29.8 Å². The Hall–Kier alpha value is -3.45. The maximum absolute atomic E-state index is 10.2. The highest BCUT2D eigenvalue weighted by molar-refractivity contribution is 5.75. The van der Waals surface area contributed by atoms with Gasteiger partial charge in [-0.1, -0.05) is 0 Å². The van der Waals surface area contributed by atoms with Crippen LogP contribution in [0.1, 0.15) is 32.6 Å². The Morgan fingerprint density at radius 3 is 1.04 bits per heavy atom. The van der Waals surface area contributed by atoms with Crippen molar-refractivity contribution in [1.29, 1.82) is 10.8 Å².